The van der Waals surface area contributed by atoms with E-state index in [1.54, 1.807) is 11.8 Å². The van der Waals surface area contributed by atoms with Crippen molar-refractivity contribution in [3.63, 3.8) is 0 Å². The van der Waals surface area contributed by atoms with Crippen LogP contribution in [0.3, 0.4) is 0 Å². The predicted molar refractivity (Wildman–Crippen MR) is 105 cm³/mol. The summed E-state index contributed by atoms with van der Waals surface area (Å²) in [5, 5.41) is 3.73. The van der Waals surface area contributed by atoms with Crippen LogP contribution in [0.1, 0.15) is 42.3 Å². The Morgan fingerprint density at radius 3 is 2.25 bits per heavy atom. The molecule has 2 nitrogen and oxygen atoms in total. The Balaban J connectivity index is 1.72. The summed E-state index contributed by atoms with van der Waals surface area (Å²) in [6.07, 6.45) is 0. The Bertz CT molecular complexity index is 660. The highest BCUT2D eigenvalue weighted by Gasteiger charge is 2.14. The molecule has 1 amide bonds. The number of carbonyl (C=O) groups is 1. The number of rotatable bonds is 6. The van der Waals surface area contributed by atoms with Crippen molar-refractivity contribution in [1.82, 2.24) is 5.32 Å². The molecule has 0 bridgehead atoms. The molecule has 0 heterocycles. The second-order valence-electron chi connectivity index (χ2n) is 6.76. The molecule has 0 aromatic heterocycles. The highest BCUT2D eigenvalue weighted by Crippen LogP contribution is 2.22. The van der Waals surface area contributed by atoms with Gasteiger partial charge in [0.05, 0.1) is 0 Å². The first-order valence-corrected chi connectivity index (χ1v) is 9.60. The van der Waals surface area contributed by atoms with E-state index in [0.717, 1.165) is 16.5 Å². The Morgan fingerprint density at radius 1 is 1.04 bits per heavy atom. The van der Waals surface area contributed by atoms with Crippen molar-refractivity contribution >= 4 is 29.3 Å². The topological polar surface area (TPSA) is 29.1 Å². The van der Waals surface area contributed by atoms with Gasteiger partial charge in [-0.15, -0.1) is 0 Å². The van der Waals surface area contributed by atoms with Crippen molar-refractivity contribution in [2.45, 2.75) is 31.9 Å². The maximum absolute atomic E-state index is 12.1. The third-order valence-electron chi connectivity index (χ3n) is 3.73. The van der Waals surface area contributed by atoms with Crippen molar-refractivity contribution in [3.8, 4) is 0 Å². The second kappa shape index (κ2) is 8.59. The van der Waals surface area contributed by atoms with Crippen molar-refractivity contribution in [3.05, 3.63) is 70.2 Å². The van der Waals surface area contributed by atoms with Crippen LogP contribution < -0.4 is 5.32 Å². The predicted octanol–water partition coefficient (Wildman–Crippen LogP) is 5.30. The van der Waals surface area contributed by atoms with Gasteiger partial charge in [0.1, 0.15) is 0 Å². The van der Waals surface area contributed by atoms with Crippen LogP contribution in [0.4, 0.5) is 0 Å². The molecule has 0 spiro atoms. The van der Waals surface area contributed by atoms with Crippen molar-refractivity contribution in [1.29, 1.82) is 0 Å². The lowest BCUT2D eigenvalue weighted by molar-refractivity contribution is 0.0956. The summed E-state index contributed by atoms with van der Waals surface area (Å²) in [7, 11) is 0. The zero-order valence-corrected chi connectivity index (χ0v) is 16.0. The van der Waals surface area contributed by atoms with Gasteiger partial charge in [-0.05, 0) is 40.8 Å². The normalized spacial score (nSPS) is 11.3. The van der Waals surface area contributed by atoms with Crippen molar-refractivity contribution < 1.29 is 4.79 Å². The van der Waals surface area contributed by atoms with Gasteiger partial charge < -0.3 is 5.32 Å². The van der Waals surface area contributed by atoms with Crippen LogP contribution in [0.25, 0.3) is 0 Å². The maximum Gasteiger partial charge on any atom is 0.251 e. The minimum atomic E-state index is -0.0115. The molecule has 24 heavy (non-hydrogen) atoms. The standard InChI is InChI=1S/C20H24ClNOS/c1-20(2,3)17-8-6-16(7-9-17)19(23)22-12-13-24-14-15-4-10-18(21)11-5-15/h4-11H,12-14H2,1-3H3,(H,22,23). The number of carbonyl (C=O) groups excluding carboxylic acids is 1. The Kier molecular flexibility index (Phi) is 6.76. The first kappa shape index (κ1) is 18.9. The van der Waals surface area contributed by atoms with E-state index in [2.05, 4.69) is 26.1 Å². The van der Waals surface area contributed by atoms with E-state index in [1.807, 2.05) is 48.5 Å². The molecule has 0 fully saturated rings. The summed E-state index contributed by atoms with van der Waals surface area (Å²) in [6.45, 7) is 7.16. The Labute approximate surface area is 154 Å². The molecule has 0 aliphatic carbocycles. The fraction of sp³-hybridized carbons (Fsp3) is 0.350. The fourth-order valence-corrected chi connectivity index (χ4v) is 3.18. The molecular formula is C20H24ClNOS. The van der Waals surface area contributed by atoms with Gasteiger partial charge in [0.15, 0.2) is 0 Å². The third-order valence-corrected chi connectivity index (χ3v) is 5.01. The number of benzene rings is 2. The molecule has 0 aliphatic heterocycles. The van der Waals surface area contributed by atoms with E-state index in [0.29, 0.717) is 12.1 Å². The van der Waals surface area contributed by atoms with Gasteiger partial charge >= 0.3 is 0 Å². The molecule has 0 saturated carbocycles. The molecule has 128 valence electrons. The monoisotopic (exact) mass is 361 g/mol. The largest absolute Gasteiger partial charge is 0.351 e. The molecule has 2 rings (SSSR count). The smallest absolute Gasteiger partial charge is 0.251 e. The minimum Gasteiger partial charge on any atom is -0.351 e. The minimum absolute atomic E-state index is 0.0115. The zero-order chi connectivity index (χ0) is 17.6. The highest BCUT2D eigenvalue weighted by atomic mass is 35.5. The summed E-state index contributed by atoms with van der Waals surface area (Å²) in [4.78, 5) is 12.1. The first-order valence-electron chi connectivity index (χ1n) is 8.07. The van der Waals surface area contributed by atoms with Crippen molar-refractivity contribution in [2.24, 2.45) is 0 Å². The van der Waals surface area contributed by atoms with E-state index in [-0.39, 0.29) is 11.3 Å². The van der Waals surface area contributed by atoms with Crippen LogP contribution in [0.15, 0.2) is 48.5 Å². The van der Waals surface area contributed by atoms with E-state index >= 15 is 0 Å². The van der Waals surface area contributed by atoms with E-state index in [1.165, 1.54) is 11.1 Å². The molecule has 0 unspecified atom stereocenters. The lowest BCUT2D eigenvalue weighted by atomic mass is 9.87. The lowest BCUT2D eigenvalue weighted by Crippen LogP contribution is -2.25. The van der Waals surface area contributed by atoms with Crippen LogP contribution in [0.2, 0.25) is 5.02 Å². The van der Waals surface area contributed by atoms with Crippen LogP contribution in [0, 0.1) is 0 Å². The van der Waals surface area contributed by atoms with Gasteiger partial charge in [-0.25, -0.2) is 0 Å². The summed E-state index contributed by atoms with van der Waals surface area (Å²) < 4.78 is 0. The van der Waals surface area contributed by atoms with Crippen molar-refractivity contribution in [2.75, 3.05) is 12.3 Å². The molecule has 2 aromatic rings. The molecule has 0 aliphatic rings. The van der Waals surface area contributed by atoms with Gasteiger partial charge in [-0.1, -0.05) is 56.6 Å². The average Bonchev–Trinajstić information content (AvgIpc) is 2.55. The number of hydrogen-bond acceptors (Lipinski definition) is 2. The summed E-state index contributed by atoms with van der Waals surface area (Å²) in [6, 6.07) is 15.7. The highest BCUT2D eigenvalue weighted by molar-refractivity contribution is 7.98. The van der Waals surface area contributed by atoms with Crippen LogP contribution in [-0.4, -0.2) is 18.2 Å². The summed E-state index contributed by atoms with van der Waals surface area (Å²) >= 11 is 7.67. The molecule has 0 radical (unpaired) electrons. The van der Waals surface area contributed by atoms with Gasteiger partial charge in [-0.3, -0.25) is 4.79 Å². The van der Waals surface area contributed by atoms with Crippen LogP contribution >= 0.6 is 23.4 Å². The second-order valence-corrected chi connectivity index (χ2v) is 8.30. The Hall–Kier alpha value is -1.45. The molecular weight excluding hydrogens is 338 g/mol. The molecule has 0 atom stereocenters. The summed E-state index contributed by atoms with van der Waals surface area (Å²) in [5.41, 5.74) is 3.30. The van der Waals surface area contributed by atoms with Gasteiger partial charge in [0.2, 0.25) is 0 Å². The van der Waals surface area contributed by atoms with E-state index < -0.39 is 0 Å². The molecule has 2 aromatic carbocycles. The van der Waals surface area contributed by atoms with Crippen LogP contribution in [-0.2, 0) is 11.2 Å². The maximum atomic E-state index is 12.1. The van der Waals surface area contributed by atoms with E-state index in [9.17, 15) is 4.79 Å². The van der Waals surface area contributed by atoms with Gasteiger partial charge in [0, 0.05) is 28.6 Å². The average molecular weight is 362 g/mol. The van der Waals surface area contributed by atoms with E-state index in [4.69, 9.17) is 11.6 Å². The molecule has 4 heteroatoms. The number of halogens is 1. The zero-order valence-electron chi connectivity index (χ0n) is 14.4. The third kappa shape index (κ3) is 5.88. The number of thioether (sulfide) groups is 1. The number of amides is 1. The number of hydrogen-bond donors (Lipinski definition) is 1. The Morgan fingerprint density at radius 2 is 1.67 bits per heavy atom. The van der Waals surface area contributed by atoms with Crippen LogP contribution in [0.5, 0.6) is 0 Å². The fourth-order valence-electron chi connectivity index (χ4n) is 2.23. The summed E-state index contributed by atoms with van der Waals surface area (Å²) in [5.74, 6) is 1.80. The quantitative estimate of drug-likeness (QED) is 0.707. The number of nitrogens with one attached hydrogen (secondary N) is 1. The van der Waals surface area contributed by atoms with Gasteiger partial charge in [0.25, 0.3) is 5.91 Å². The molecule has 0 saturated heterocycles. The lowest BCUT2D eigenvalue weighted by Gasteiger charge is -2.19. The van der Waals surface area contributed by atoms with Gasteiger partial charge in [-0.2, -0.15) is 11.8 Å². The molecule has 1 N–H and O–H groups in total. The SMILES string of the molecule is CC(C)(C)c1ccc(C(=O)NCCSCc2ccc(Cl)cc2)cc1. The first-order chi connectivity index (χ1) is 11.4.